The van der Waals surface area contributed by atoms with E-state index in [9.17, 15) is 23.1 Å². The van der Waals surface area contributed by atoms with Crippen molar-refractivity contribution in [1.82, 2.24) is 9.21 Å². The molecule has 0 aliphatic carbocycles. The third-order valence-corrected chi connectivity index (χ3v) is 6.03. The predicted molar refractivity (Wildman–Crippen MR) is 78.2 cm³/mol. The Hall–Kier alpha value is -1.15. The number of carbonyl (C=O) groups is 2. The summed E-state index contributed by atoms with van der Waals surface area (Å²) in [5, 5.41) is 9.18. The minimum Gasteiger partial charge on any atom is -0.480 e. The zero-order valence-corrected chi connectivity index (χ0v) is 13.8. The van der Waals surface area contributed by atoms with Crippen LogP contribution in [0.25, 0.3) is 0 Å². The van der Waals surface area contributed by atoms with Gasteiger partial charge in [-0.3, -0.25) is 4.79 Å². The molecule has 1 saturated heterocycles. The van der Waals surface area contributed by atoms with Crippen LogP contribution >= 0.6 is 0 Å². The average Bonchev–Trinajstić information content (AvgIpc) is 2.45. The van der Waals surface area contributed by atoms with Crippen LogP contribution in [0.2, 0.25) is 0 Å². The van der Waals surface area contributed by atoms with Crippen molar-refractivity contribution in [3.8, 4) is 0 Å². The van der Waals surface area contributed by atoms with Crippen LogP contribution in [0.4, 0.5) is 0 Å². The predicted octanol–water partition coefficient (Wildman–Crippen LogP) is 0.370. The van der Waals surface area contributed by atoms with Crippen LogP contribution in [-0.4, -0.2) is 66.0 Å². The number of carboxylic acid groups (broad SMARTS) is 1. The second-order valence-electron chi connectivity index (χ2n) is 5.86. The molecule has 7 nitrogen and oxygen atoms in total. The molecule has 0 spiro atoms. The molecule has 21 heavy (non-hydrogen) atoms. The van der Waals surface area contributed by atoms with Crippen LogP contribution in [0.1, 0.15) is 33.6 Å². The summed E-state index contributed by atoms with van der Waals surface area (Å²) in [5.41, 5.74) is -1.32. The summed E-state index contributed by atoms with van der Waals surface area (Å²) < 4.78 is 25.1. The van der Waals surface area contributed by atoms with Crippen molar-refractivity contribution < 1.29 is 23.1 Å². The molecule has 0 aromatic heterocycles. The van der Waals surface area contributed by atoms with Gasteiger partial charge in [0.2, 0.25) is 15.9 Å². The van der Waals surface area contributed by atoms with Crippen molar-refractivity contribution in [2.75, 3.05) is 25.9 Å². The fraction of sp³-hybridized carbons (Fsp3) is 0.846. The molecular formula is C13H24N2O5S. The smallest absolute Gasteiger partial charge is 0.329 e. The molecule has 1 N–H and O–H groups in total. The number of carbonyl (C=O) groups excluding carboxylic acids is 1. The number of piperidine rings is 1. The first-order valence-corrected chi connectivity index (χ1v) is 8.63. The normalized spacial score (nSPS) is 21.0. The van der Waals surface area contributed by atoms with Gasteiger partial charge in [0.1, 0.15) is 5.54 Å². The minimum atomic E-state index is -3.32. The van der Waals surface area contributed by atoms with Crippen molar-refractivity contribution in [2.45, 2.75) is 39.2 Å². The van der Waals surface area contributed by atoms with Crippen molar-refractivity contribution in [1.29, 1.82) is 0 Å². The Balaban J connectivity index is 2.86. The quantitative estimate of drug-likeness (QED) is 0.789. The van der Waals surface area contributed by atoms with Gasteiger partial charge in [-0.1, -0.05) is 0 Å². The maximum absolute atomic E-state index is 12.5. The molecule has 0 bridgehead atoms. The second kappa shape index (κ2) is 6.31. The van der Waals surface area contributed by atoms with E-state index in [4.69, 9.17) is 0 Å². The Morgan fingerprint density at radius 1 is 1.38 bits per heavy atom. The maximum Gasteiger partial charge on any atom is 0.329 e. The Bertz CT molecular complexity index is 515. The van der Waals surface area contributed by atoms with E-state index in [0.717, 1.165) is 0 Å². The van der Waals surface area contributed by atoms with E-state index in [2.05, 4.69) is 0 Å². The van der Waals surface area contributed by atoms with Crippen LogP contribution in [0.3, 0.4) is 0 Å². The first-order chi connectivity index (χ1) is 9.54. The molecule has 8 heteroatoms. The van der Waals surface area contributed by atoms with E-state index < -0.39 is 27.4 Å². The highest BCUT2D eigenvalue weighted by Gasteiger charge is 2.40. The van der Waals surface area contributed by atoms with Crippen LogP contribution in [0, 0.1) is 5.92 Å². The zero-order valence-electron chi connectivity index (χ0n) is 13.0. The summed E-state index contributed by atoms with van der Waals surface area (Å²) in [6, 6.07) is 0. The van der Waals surface area contributed by atoms with Crippen LogP contribution in [-0.2, 0) is 19.6 Å². The topological polar surface area (TPSA) is 95.0 Å². The fourth-order valence-electron chi connectivity index (χ4n) is 2.27. The van der Waals surface area contributed by atoms with Crippen molar-refractivity contribution in [2.24, 2.45) is 5.92 Å². The highest BCUT2D eigenvalue weighted by molar-refractivity contribution is 7.89. The van der Waals surface area contributed by atoms with Gasteiger partial charge < -0.3 is 10.0 Å². The van der Waals surface area contributed by atoms with E-state index in [-0.39, 0.29) is 18.2 Å². The summed E-state index contributed by atoms with van der Waals surface area (Å²) in [7, 11) is -1.87. The van der Waals surface area contributed by atoms with Gasteiger partial charge in [-0.15, -0.1) is 0 Å². The van der Waals surface area contributed by atoms with Gasteiger partial charge in [0, 0.05) is 20.1 Å². The first kappa shape index (κ1) is 17.9. The molecule has 1 unspecified atom stereocenters. The van der Waals surface area contributed by atoms with Crippen LogP contribution < -0.4 is 0 Å². The summed E-state index contributed by atoms with van der Waals surface area (Å²) >= 11 is 0. The summed E-state index contributed by atoms with van der Waals surface area (Å²) in [5.74, 6) is -1.89. The van der Waals surface area contributed by atoms with Crippen molar-refractivity contribution in [3.05, 3.63) is 0 Å². The van der Waals surface area contributed by atoms with Gasteiger partial charge >= 0.3 is 5.97 Å². The molecule has 0 saturated carbocycles. The van der Waals surface area contributed by atoms with E-state index in [1.54, 1.807) is 6.92 Å². The molecule has 0 radical (unpaired) electrons. The molecule has 1 fully saturated rings. The molecule has 1 rings (SSSR count). The number of hydrogen-bond acceptors (Lipinski definition) is 4. The Morgan fingerprint density at radius 2 is 1.95 bits per heavy atom. The Kier molecular flexibility index (Phi) is 5.38. The molecular weight excluding hydrogens is 296 g/mol. The Morgan fingerprint density at radius 3 is 2.43 bits per heavy atom. The summed E-state index contributed by atoms with van der Waals surface area (Å²) in [6.45, 7) is 5.04. The maximum atomic E-state index is 12.5. The van der Waals surface area contributed by atoms with Gasteiger partial charge in [0.25, 0.3) is 0 Å². The van der Waals surface area contributed by atoms with Gasteiger partial charge in [0.05, 0.1) is 11.7 Å². The first-order valence-electron chi connectivity index (χ1n) is 7.03. The number of likely N-dealkylation sites (N-methyl/N-ethyl adjacent to an activating group) is 1. The van der Waals surface area contributed by atoms with Gasteiger partial charge in [-0.05, 0) is 33.6 Å². The lowest BCUT2D eigenvalue weighted by molar-refractivity contribution is -0.157. The third-order valence-electron chi connectivity index (χ3n) is 4.18. The Labute approximate surface area is 126 Å². The molecule has 1 aliphatic rings. The van der Waals surface area contributed by atoms with E-state index >= 15 is 0 Å². The fourth-order valence-corrected chi connectivity index (χ4v) is 3.45. The van der Waals surface area contributed by atoms with Crippen molar-refractivity contribution in [3.63, 3.8) is 0 Å². The van der Waals surface area contributed by atoms with E-state index in [0.29, 0.717) is 19.4 Å². The van der Waals surface area contributed by atoms with Gasteiger partial charge in [-0.2, -0.15) is 0 Å². The van der Waals surface area contributed by atoms with Gasteiger partial charge in [-0.25, -0.2) is 17.5 Å². The van der Waals surface area contributed by atoms with Gasteiger partial charge in [0.15, 0.2) is 0 Å². The lowest BCUT2D eigenvalue weighted by Crippen LogP contribution is -2.55. The molecule has 1 amide bonds. The standard InChI is InChI=1S/C13H24N2O5S/c1-5-21(19,20)15-8-6-7-10(9-15)11(16)14(4)13(2,3)12(17)18/h10H,5-9H2,1-4H3,(H,17,18). The highest BCUT2D eigenvalue weighted by atomic mass is 32.2. The second-order valence-corrected chi connectivity index (χ2v) is 8.12. The number of carboxylic acids is 1. The lowest BCUT2D eigenvalue weighted by atomic mass is 9.95. The van der Waals surface area contributed by atoms with Crippen molar-refractivity contribution >= 4 is 21.9 Å². The number of rotatable bonds is 5. The average molecular weight is 320 g/mol. The van der Waals surface area contributed by atoms with Crippen LogP contribution in [0.5, 0.6) is 0 Å². The summed E-state index contributed by atoms with van der Waals surface area (Å²) in [6.07, 6.45) is 1.19. The molecule has 0 aromatic rings. The van der Waals surface area contributed by atoms with E-state index in [1.807, 2.05) is 0 Å². The highest BCUT2D eigenvalue weighted by Crippen LogP contribution is 2.24. The minimum absolute atomic E-state index is 0.00433. The SMILES string of the molecule is CCS(=O)(=O)N1CCCC(C(=O)N(C)C(C)(C)C(=O)O)C1. The zero-order chi connectivity index (χ0) is 16.4. The molecule has 1 heterocycles. The summed E-state index contributed by atoms with van der Waals surface area (Å²) in [4.78, 5) is 24.9. The number of hydrogen-bond donors (Lipinski definition) is 1. The van der Waals surface area contributed by atoms with E-state index in [1.165, 1.54) is 30.1 Å². The number of amides is 1. The third kappa shape index (κ3) is 3.74. The molecule has 122 valence electrons. The molecule has 1 atom stereocenters. The lowest BCUT2D eigenvalue weighted by Gasteiger charge is -2.37. The molecule has 0 aromatic carbocycles. The molecule has 1 aliphatic heterocycles. The number of nitrogens with zero attached hydrogens (tertiary/aromatic N) is 2. The largest absolute Gasteiger partial charge is 0.480 e. The number of aliphatic carboxylic acids is 1. The number of sulfonamides is 1. The monoisotopic (exact) mass is 320 g/mol. The van der Waals surface area contributed by atoms with Crippen LogP contribution in [0.15, 0.2) is 0 Å².